The zero-order valence-electron chi connectivity index (χ0n) is 9.27. The van der Waals surface area contributed by atoms with E-state index in [1.165, 1.54) is 16.5 Å². The lowest BCUT2D eigenvalue weighted by Crippen LogP contribution is -1.98. The van der Waals surface area contributed by atoms with E-state index in [2.05, 4.69) is 39.7 Å². The highest BCUT2D eigenvalue weighted by molar-refractivity contribution is 7.07. The Kier molecular flexibility index (Phi) is 2.91. The molecule has 3 heteroatoms. The Balaban J connectivity index is 1.87. The van der Waals surface area contributed by atoms with Crippen molar-refractivity contribution in [2.24, 2.45) is 0 Å². The second-order valence-corrected chi connectivity index (χ2v) is 5.31. The lowest BCUT2D eigenvalue weighted by atomic mass is 10.2. The van der Waals surface area contributed by atoms with Gasteiger partial charge in [0.25, 0.3) is 0 Å². The molecule has 17 heavy (non-hydrogen) atoms. The van der Waals surface area contributed by atoms with E-state index < -0.39 is 0 Å². The lowest BCUT2D eigenvalue weighted by Gasteiger charge is -2.04. The van der Waals surface area contributed by atoms with Crippen LogP contribution in [0.2, 0.25) is 5.02 Å². The average molecular weight is 262 g/mol. The molecule has 0 unspecified atom stereocenters. The van der Waals surface area contributed by atoms with Gasteiger partial charge < -0.3 is 4.57 Å². The van der Waals surface area contributed by atoms with E-state index in [-0.39, 0.29) is 0 Å². The summed E-state index contributed by atoms with van der Waals surface area (Å²) in [6.45, 7) is 1.00. The van der Waals surface area contributed by atoms with Gasteiger partial charge in [-0.25, -0.2) is 0 Å². The number of benzene rings is 1. The Morgan fingerprint density at radius 2 is 2.12 bits per heavy atom. The van der Waals surface area contributed by atoms with Crippen molar-refractivity contribution < 1.29 is 0 Å². The van der Waals surface area contributed by atoms with Gasteiger partial charge in [0.2, 0.25) is 0 Å². The zero-order valence-corrected chi connectivity index (χ0v) is 10.8. The van der Waals surface area contributed by atoms with Crippen LogP contribution in [0.4, 0.5) is 0 Å². The van der Waals surface area contributed by atoms with E-state index >= 15 is 0 Å². The van der Waals surface area contributed by atoms with E-state index in [1.54, 1.807) is 11.3 Å². The molecule has 3 rings (SSSR count). The second kappa shape index (κ2) is 4.55. The molecule has 0 radical (unpaired) electrons. The maximum absolute atomic E-state index is 6.04. The van der Waals surface area contributed by atoms with Gasteiger partial charge in [-0.3, -0.25) is 0 Å². The first-order valence-electron chi connectivity index (χ1n) is 5.58. The Morgan fingerprint density at radius 3 is 2.94 bits per heavy atom. The third-order valence-electron chi connectivity index (χ3n) is 2.96. The fourth-order valence-electron chi connectivity index (χ4n) is 2.04. The molecule has 0 saturated heterocycles. The molecular weight excluding hydrogens is 250 g/mol. The van der Waals surface area contributed by atoms with Crippen LogP contribution in [0.1, 0.15) is 5.56 Å². The molecule has 86 valence electrons. The predicted molar refractivity (Wildman–Crippen MR) is 75.0 cm³/mol. The van der Waals surface area contributed by atoms with Crippen molar-refractivity contribution >= 4 is 33.8 Å². The minimum Gasteiger partial charge on any atom is -0.347 e. The van der Waals surface area contributed by atoms with Crippen molar-refractivity contribution in [3.63, 3.8) is 0 Å². The summed E-state index contributed by atoms with van der Waals surface area (Å²) in [5.74, 6) is 0. The van der Waals surface area contributed by atoms with Crippen molar-refractivity contribution in [2.75, 3.05) is 0 Å². The molecule has 3 aromatic rings. The summed E-state index contributed by atoms with van der Waals surface area (Å²) >= 11 is 7.79. The third-order valence-corrected chi connectivity index (χ3v) is 3.92. The van der Waals surface area contributed by atoms with Crippen molar-refractivity contribution in [1.29, 1.82) is 0 Å². The SMILES string of the molecule is Clc1ccc2ccn(CCc3ccsc3)c2c1. The standard InChI is InChI=1S/C14H12ClNS/c15-13-2-1-12-4-7-16(14(12)9-13)6-3-11-5-8-17-10-11/h1-2,4-5,7-10H,3,6H2. The molecule has 0 fully saturated rings. The number of fused-ring (bicyclic) bond motifs is 1. The Morgan fingerprint density at radius 1 is 1.18 bits per heavy atom. The molecule has 0 amide bonds. The largest absolute Gasteiger partial charge is 0.347 e. The molecule has 0 aliphatic heterocycles. The lowest BCUT2D eigenvalue weighted by molar-refractivity contribution is 0.724. The number of thiophene rings is 1. The second-order valence-electron chi connectivity index (χ2n) is 4.09. The summed E-state index contributed by atoms with van der Waals surface area (Å²) in [6.07, 6.45) is 3.20. The van der Waals surface area contributed by atoms with Crippen molar-refractivity contribution in [1.82, 2.24) is 4.57 Å². The molecule has 1 nitrogen and oxygen atoms in total. The van der Waals surface area contributed by atoms with Crippen LogP contribution in [-0.2, 0) is 13.0 Å². The molecule has 0 saturated carbocycles. The van der Waals surface area contributed by atoms with Crippen molar-refractivity contribution in [3.05, 3.63) is 57.9 Å². The van der Waals surface area contributed by atoms with E-state index in [1.807, 2.05) is 12.1 Å². The predicted octanol–water partition coefficient (Wildman–Crippen LogP) is 4.60. The maximum Gasteiger partial charge on any atom is 0.0495 e. The summed E-state index contributed by atoms with van der Waals surface area (Å²) in [7, 11) is 0. The van der Waals surface area contributed by atoms with Gasteiger partial charge in [0.05, 0.1) is 0 Å². The Hall–Kier alpha value is -1.25. The molecule has 0 spiro atoms. The number of aryl methyl sites for hydroxylation is 2. The molecule has 2 heterocycles. The quantitative estimate of drug-likeness (QED) is 0.649. The first kappa shape index (κ1) is 10.9. The van der Waals surface area contributed by atoms with Crippen molar-refractivity contribution in [3.8, 4) is 0 Å². The summed E-state index contributed by atoms with van der Waals surface area (Å²) in [5.41, 5.74) is 2.62. The monoisotopic (exact) mass is 261 g/mol. The molecule has 0 bridgehead atoms. The van der Waals surface area contributed by atoms with Crippen LogP contribution < -0.4 is 0 Å². The highest BCUT2D eigenvalue weighted by Crippen LogP contribution is 2.21. The first-order valence-corrected chi connectivity index (χ1v) is 6.90. The number of hydrogen-bond acceptors (Lipinski definition) is 1. The van der Waals surface area contributed by atoms with Gasteiger partial charge in [-0.1, -0.05) is 17.7 Å². The van der Waals surface area contributed by atoms with Crippen LogP contribution in [0.15, 0.2) is 47.3 Å². The first-order chi connectivity index (χ1) is 8.33. The van der Waals surface area contributed by atoms with Crippen LogP contribution in [0, 0.1) is 0 Å². The Labute approximate surface area is 109 Å². The van der Waals surface area contributed by atoms with Gasteiger partial charge in [-0.05, 0) is 52.4 Å². The zero-order chi connectivity index (χ0) is 11.7. The van der Waals surface area contributed by atoms with Crippen LogP contribution in [0.3, 0.4) is 0 Å². The third kappa shape index (κ3) is 2.24. The van der Waals surface area contributed by atoms with Gasteiger partial charge in [-0.2, -0.15) is 11.3 Å². The van der Waals surface area contributed by atoms with Crippen LogP contribution in [0.25, 0.3) is 10.9 Å². The minimum absolute atomic E-state index is 0.799. The summed E-state index contributed by atoms with van der Waals surface area (Å²) < 4.78 is 2.26. The average Bonchev–Trinajstić information content (AvgIpc) is 2.94. The van der Waals surface area contributed by atoms with Gasteiger partial charge in [0.1, 0.15) is 0 Å². The molecular formula is C14H12ClNS. The van der Waals surface area contributed by atoms with E-state index in [0.717, 1.165) is 18.0 Å². The molecule has 1 aromatic carbocycles. The molecule has 0 aliphatic rings. The van der Waals surface area contributed by atoms with E-state index in [4.69, 9.17) is 11.6 Å². The minimum atomic E-state index is 0.799. The number of hydrogen-bond donors (Lipinski definition) is 0. The van der Waals surface area contributed by atoms with Crippen LogP contribution in [0.5, 0.6) is 0 Å². The smallest absolute Gasteiger partial charge is 0.0495 e. The van der Waals surface area contributed by atoms with Crippen LogP contribution >= 0.6 is 22.9 Å². The van der Waals surface area contributed by atoms with Gasteiger partial charge in [0.15, 0.2) is 0 Å². The van der Waals surface area contributed by atoms with Gasteiger partial charge >= 0.3 is 0 Å². The maximum atomic E-state index is 6.04. The fraction of sp³-hybridized carbons (Fsp3) is 0.143. The molecule has 0 N–H and O–H groups in total. The van der Waals surface area contributed by atoms with Gasteiger partial charge in [-0.15, -0.1) is 0 Å². The highest BCUT2D eigenvalue weighted by atomic mass is 35.5. The highest BCUT2D eigenvalue weighted by Gasteiger charge is 2.02. The van der Waals surface area contributed by atoms with E-state index in [9.17, 15) is 0 Å². The number of aromatic nitrogens is 1. The number of halogens is 1. The summed E-state index contributed by atoms with van der Waals surface area (Å²) in [6, 6.07) is 10.4. The molecule has 2 aromatic heterocycles. The number of nitrogens with zero attached hydrogens (tertiary/aromatic N) is 1. The summed E-state index contributed by atoms with van der Waals surface area (Å²) in [4.78, 5) is 0. The molecule has 0 atom stereocenters. The molecule has 0 aliphatic carbocycles. The van der Waals surface area contributed by atoms with Crippen LogP contribution in [-0.4, -0.2) is 4.57 Å². The van der Waals surface area contributed by atoms with Gasteiger partial charge in [0, 0.05) is 23.3 Å². The summed E-state index contributed by atoms with van der Waals surface area (Å²) in [5, 5.41) is 6.38. The number of rotatable bonds is 3. The van der Waals surface area contributed by atoms with Crippen molar-refractivity contribution in [2.45, 2.75) is 13.0 Å². The Bertz CT molecular complexity index is 625. The fourth-order valence-corrected chi connectivity index (χ4v) is 2.91. The van der Waals surface area contributed by atoms with E-state index in [0.29, 0.717) is 0 Å². The normalized spacial score (nSPS) is 11.1. The topological polar surface area (TPSA) is 4.93 Å².